The molecule has 0 aliphatic heterocycles. The van der Waals surface area contributed by atoms with Gasteiger partial charge < -0.3 is 19.7 Å². The summed E-state index contributed by atoms with van der Waals surface area (Å²) >= 11 is 0. The lowest BCUT2D eigenvalue weighted by Crippen LogP contribution is -2.19. The van der Waals surface area contributed by atoms with Crippen LogP contribution in [0, 0.1) is 0 Å². The predicted octanol–water partition coefficient (Wildman–Crippen LogP) is 0.763. The minimum absolute atomic E-state index is 0.0139. The van der Waals surface area contributed by atoms with E-state index in [1.165, 1.54) is 31.4 Å². The molecule has 6 heteroatoms. The minimum atomic E-state index is -0.791. The SMILES string of the molecule is COC(=O)c1ccc(C(=O)OCC(O)CCCO)cc1. The van der Waals surface area contributed by atoms with Crippen LogP contribution in [0.1, 0.15) is 33.6 Å². The minimum Gasteiger partial charge on any atom is -0.465 e. The van der Waals surface area contributed by atoms with E-state index in [2.05, 4.69) is 4.74 Å². The van der Waals surface area contributed by atoms with Crippen LogP contribution in [0.2, 0.25) is 0 Å². The summed E-state index contributed by atoms with van der Waals surface area (Å²) in [5, 5.41) is 18.1. The maximum absolute atomic E-state index is 11.7. The molecule has 0 bridgehead atoms. The van der Waals surface area contributed by atoms with E-state index in [9.17, 15) is 14.7 Å². The van der Waals surface area contributed by atoms with Crippen LogP contribution in [0.4, 0.5) is 0 Å². The molecule has 1 atom stereocenters. The summed E-state index contributed by atoms with van der Waals surface area (Å²) in [5.74, 6) is -1.06. The fourth-order valence-corrected chi connectivity index (χ4v) is 1.53. The average Bonchev–Trinajstić information content (AvgIpc) is 2.49. The van der Waals surface area contributed by atoms with Gasteiger partial charge in [-0.2, -0.15) is 0 Å². The van der Waals surface area contributed by atoms with E-state index < -0.39 is 18.0 Å². The summed E-state index contributed by atoms with van der Waals surface area (Å²) in [6.07, 6.45) is 0.0258. The third kappa shape index (κ3) is 4.99. The molecule has 1 aromatic rings. The summed E-state index contributed by atoms with van der Waals surface area (Å²) in [5.41, 5.74) is 0.624. The van der Waals surface area contributed by atoms with Gasteiger partial charge >= 0.3 is 11.9 Å². The first kappa shape index (κ1) is 16.1. The second-order valence-electron chi connectivity index (χ2n) is 4.19. The molecule has 0 aliphatic carbocycles. The summed E-state index contributed by atoms with van der Waals surface area (Å²) in [6, 6.07) is 5.83. The van der Waals surface area contributed by atoms with Crippen LogP contribution in [-0.2, 0) is 9.47 Å². The molecule has 0 fully saturated rings. The van der Waals surface area contributed by atoms with Crippen LogP contribution < -0.4 is 0 Å². The standard InChI is InChI=1S/C14H18O6/c1-19-13(17)10-4-6-11(7-5-10)14(18)20-9-12(16)3-2-8-15/h4-7,12,15-16H,2-3,8-9H2,1H3. The number of carbonyl (C=O) groups is 2. The molecule has 0 aliphatic rings. The van der Waals surface area contributed by atoms with Gasteiger partial charge in [-0.3, -0.25) is 0 Å². The Kier molecular flexibility index (Phi) is 6.69. The van der Waals surface area contributed by atoms with Crippen LogP contribution in [0.3, 0.4) is 0 Å². The smallest absolute Gasteiger partial charge is 0.338 e. The molecule has 110 valence electrons. The van der Waals surface area contributed by atoms with Crippen molar-refractivity contribution in [3.05, 3.63) is 35.4 Å². The monoisotopic (exact) mass is 282 g/mol. The highest BCUT2D eigenvalue weighted by Gasteiger charge is 2.12. The normalized spacial score (nSPS) is 11.8. The van der Waals surface area contributed by atoms with Gasteiger partial charge in [0.25, 0.3) is 0 Å². The van der Waals surface area contributed by atoms with Gasteiger partial charge in [-0.15, -0.1) is 0 Å². The highest BCUT2D eigenvalue weighted by atomic mass is 16.5. The molecular weight excluding hydrogens is 264 g/mol. The Morgan fingerprint density at radius 3 is 2.20 bits per heavy atom. The van der Waals surface area contributed by atoms with E-state index in [1.54, 1.807) is 0 Å². The van der Waals surface area contributed by atoms with Crippen LogP contribution in [-0.4, -0.2) is 48.6 Å². The molecule has 1 rings (SSSR count). The lowest BCUT2D eigenvalue weighted by molar-refractivity contribution is 0.0224. The zero-order valence-electron chi connectivity index (χ0n) is 11.2. The molecule has 20 heavy (non-hydrogen) atoms. The Balaban J connectivity index is 2.49. The van der Waals surface area contributed by atoms with Crippen molar-refractivity contribution in [2.45, 2.75) is 18.9 Å². The fraction of sp³-hybridized carbons (Fsp3) is 0.429. The summed E-state index contributed by atoms with van der Waals surface area (Å²) in [4.78, 5) is 22.9. The van der Waals surface area contributed by atoms with Crippen molar-refractivity contribution in [3.8, 4) is 0 Å². The Bertz CT molecular complexity index is 439. The Hall–Kier alpha value is -1.92. The number of hydrogen-bond acceptors (Lipinski definition) is 6. The van der Waals surface area contributed by atoms with E-state index in [0.29, 0.717) is 18.4 Å². The third-order valence-electron chi connectivity index (χ3n) is 2.64. The average molecular weight is 282 g/mol. The Morgan fingerprint density at radius 1 is 1.15 bits per heavy atom. The number of aliphatic hydroxyl groups excluding tert-OH is 2. The lowest BCUT2D eigenvalue weighted by atomic mass is 10.1. The van der Waals surface area contributed by atoms with Crippen molar-refractivity contribution in [3.63, 3.8) is 0 Å². The largest absolute Gasteiger partial charge is 0.465 e. The second-order valence-corrected chi connectivity index (χ2v) is 4.19. The van der Waals surface area contributed by atoms with Crippen LogP contribution in [0.25, 0.3) is 0 Å². The Morgan fingerprint density at radius 2 is 1.70 bits per heavy atom. The second kappa shape index (κ2) is 8.29. The maximum atomic E-state index is 11.7. The molecule has 0 amide bonds. The molecule has 0 radical (unpaired) electrons. The van der Waals surface area contributed by atoms with E-state index in [0.717, 1.165) is 0 Å². The number of hydrogen-bond donors (Lipinski definition) is 2. The van der Waals surface area contributed by atoms with Gasteiger partial charge in [0.1, 0.15) is 6.61 Å². The number of methoxy groups -OCH3 is 1. The number of aliphatic hydroxyl groups is 2. The lowest BCUT2D eigenvalue weighted by Gasteiger charge is -2.10. The van der Waals surface area contributed by atoms with E-state index in [1.807, 2.05) is 0 Å². The van der Waals surface area contributed by atoms with E-state index >= 15 is 0 Å². The molecule has 0 saturated heterocycles. The first-order valence-electron chi connectivity index (χ1n) is 6.23. The molecular formula is C14H18O6. The van der Waals surface area contributed by atoms with E-state index in [4.69, 9.17) is 9.84 Å². The first-order chi connectivity index (χ1) is 9.58. The van der Waals surface area contributed by atoms with Crippen molar-refractivity contribution < 1.29 is 29.3 Å². The van der Waals surface area contributed by atoms with Gasteiger partial charge in [0.05, 0.1) is 24.3 Å². The first-order valence-corrected chi connectivity index (χ1v) is 6.23. The molecule has 2 N–H and O–H groups in total. The summed E-state index contributed by atoms with van der Waals surface area (Å²) in [7, 11) is 1.28. The van der Waals surface area contributed by atoms with Crippen molar-refractivity contribution >= 4 is 11.9 Å². The molecule has 0 saturated carbocycles. The van der Waals surface area contributed by atoms with Gasteiger partial charge in [0.15, 0.2) is 0 Å². The summed E-state index contributed by atoms with van der Waals surface area (Å²) < 4.78 is 9.47. The van der Waals surface area contributed by atoms with E-state index in [-0.39, 0.29) is 18.8 Å². The zero-order valence-corrected chi connectivity index (χ0v) is 11.2. The molecule has 0 spiro atoms. The van der Waals surface area contributed by atoms with Crippen molar-refractivity contribution in [2.75, 3.05) is 20.3 Å². The molecule has 1 unspecified atom stereocenters. The van der Waals surface area contributed by atoms with Gasteiger partial charge in [-0.1, -0.05) is 0 Å². The van der Waals surface area contributed by atoms with Crippen molar-refractivity contribution in [1.29, 1.82) is 0 Å². The molecule has 6 nitrogen and oxygen atoms in total. The number of carbonyl (C=O) groups excluding carboxylic acids is 2. The Labute approximate surface area is 116 Å². The van der Waals surface area contributed by atoms with Gasteiger partial charge in [0.2, 0.25) is 0 Å². The molecule has 1 aromatic carbocycles. The maximum Gasteiger partial charge on any atom is 0.338 e. The number of benzene rings is 1. The zero-order chi connectivity index (χ0) is 15.0. The van der Waals surface area contributed by atoms with Gasteiger partial charge in [0, 0.05) is 6.61 Å². The van der Waals surface area contributed by atoms with Gasteiger partial charge in [-0.25, -0.2) is 9.59 Å². The van der Waals surface area contributed by atoms with Gasteiger partial charge in [-0.05, 0) is 37.1 Å². The third-order valence-corrected chi connectivity index (χ3v) is 2.64. The molecule has 0 aromatic heterocycles. The van der Waals surface area contributed by atoms with Crippen LogP contribution >= 0.6 is 0 Å². The molecule has 0 heterocycles. The quantitative estimate of drug-likeness (QED) is 0.717. The fourth-order valence-electron chi connectivity index (χ4n) is 1.53. The topological polar surface area (TPSA) is 93.1 Å². The highest BCUT2D eigenvalue weighted by Crippen LogP contribution is 2.08. The summed E-state index contributed by atoms with van der Waals surface area (Å²) in [6.45, 7) is -0.141. The van der Waals surface area contributed by atoms with Crippen LogP contribution in [0.5, 0.6) is 0 Å². The van der Waals surface area contributed by atoms with Crippen LogP contribution in [0.15, 0.2) is 24.3 Å². The number of ether oxygens (including phenoxy) is 2. The number of rotatable bonds is 7. The van der Waals surface area contributed by atoms with Crippen molar-refractivity contribution in [1.82, 2.24) is 0 Å². The predicted molar refractivity (Wildman–Crippen MR) is 70.4 cm³/mol. The van der Waals surface area contributed by atoms with Crippen molar-refractivity contribution in [2.24, 2.45) is 0 Å². The number of esters is 2. The highest BCUT2D eigenvalue weighted by molar-refractivity contribution is 5.93.